The third-order valence-electron chi connectivity index (χ3n) is 6.14. The number of likely N-dealkylation sites (tertiary alicyclic amines) is 1. The lowest BCUT2D eigenvalue weighted by Gasteiger charge is -2.48. The molecule has 4 rings (SSSR count). The Kier molecular flexibility index (Phi) is 6.50. The predicted octanol–water partition coefficient (Wildman–Crippen LogP) is 3.30. The van der Waals surface area contributed by atoms with Crippen LogP contribution in [0.3, 0.4) is 0 Å². The minimum atomic E-state index is -0.312. The summed E-state index contributed by atoms with van der Waals surface area (Å²) < 4.78 is 12.3. The second kappa shape index (κ2) is 9.26. The summed E-state index contributed by atoms with van der Waals surface area (Å²) in [6.45, 7) is 3.02. The van der Waals surface area contributed by atoms with Crippen molar-refractivity contribution in [3.05, 3.63) is 65.7 Å². The van der Waals surface area contributed by atoms with E-state index < -0.39 is 0 Å². The second-order valence-electron chi connectivity index (χ2n) is 8.25. The molecule has 1 spiro atoms. The normalized spacial score (nSPS) is 24.5. The van der Waals surface area contributed by atoms with E-state index in [2.05, 4.69) is 23.1 Å². The van der Waals surface area contributed by atoms with Crippen LogP contribution < -0.4 is 4.74 Å². The van der Waals surface area contributed by atoms with Crippen molar-refractivity contribution in [2.24, 2.45) is 0 Å². The van der Waals surface area contributed by atoms with Crippen LogP contribution in [0.5, 0.6) is 5.75 Å². The Morgan fingerprint density at radius 3 is 2.52 bits per heavy atom. The molecule has 2 N–H and O–H groups in total. The van der Waals surface area contributed by atoms with Gasteiger partial charge >= 0.3 is 0 Å². The van der Waals surface area contributed by atoms with Crippen LogP contribution in [0.1, 0.15) is 42.9 Å². The fourth-order valence-corrected chi connectivity index (χ4v) is 4.64. The fourth-order valence-electron chi connectivity index (χ4n) is 4.64. The summed E-state index contributed by atoms with van der Waals surface area (Å²) in [4.78, 5) is 2.42. The van der Waals surface area contributed by atoms with Crippen LogP contribution in [0.4, 0.5) is 0 Å². The molecule has 0 unspecified atom stereocenters. The van der Waals surface area contributed by atoms with E-state index in [-0.39, 0.29) is 24.4 Å². The Labute approximate surface area is 172 Å². The van der Waals surface area contributed by atoms with Gasteiger partial charge in [0.2, 0.25) is 0 Å². The van der Waals surface area contributed by atoms with E-state index in [0.29, 0.717) is 13.0 Å². The van der Waals surface area contributed by atoms with Crippen molar-refractivity contribution >= 4 is 0 Å². The molecule has 0 amide bonds. The Morgan fingerprint density at radius 1 is 1.03 bits per heavy atom. The molecule has 5 nitrogen and oxygen atoms in total. The average Bonchev–Trinajstić information content (AvgIpc) is 2.75. The van der Waals surface area contributed by atoms with E-state index in [9.17, 15) is 5.11 Å². The Hall–Kier alpha value is -1.92. The zero-order chi connectivity index (χ0) is 20.1. The number of ether oxygens (including phenoxy) is 2. The topological polar surface area (TPSA) is 62.2 Å². The van der Waals surface area contributed by atoms with Gasteiger partial charge in [-0.3, -0.25) is 4.90 Å². The molecule has 2 aromatic carbocycles. The molecule has 0 aromatic heterocycles. The van der Waals surface area contributed by atoms with Crippen LogP contribution >= 0.6 is 0 Å². The van der Waals surface area contributed by atoms with Crippen molar-refractivity contribution < 1.29 is 19.7 Å². The van der Waals surface area contributed by atoms with Gasteiger partial charge in [-0.1, -0.05) is 48.5 Å². The summed E-state index contributed by atoms with van der Waals surface area (Å²) >= 11 is 0. The predicted molar refractivity (Wildman–Crippen MR) is 112 cm³/mol. The lowest BCUT2D eigenvalue weighted by molar-refractivity contribution is -0.184. The van der Waals surface area contributed by atoms with Crippen molar-refractivity contribution in [2.75, 3.05) is 26.3 Å². The van der Waals surface area contributed by atoms with Gasteiger partial charge in [-0.05, 0) is 24.5 Å². The lowest BCUT2D eigenvalue weighted by atomic mass is 9.81. The first-order valence-corrected chi connectivity index (χ1v) is 10.6. The average molecular weight is 398 g/mol. The molecule has 2 aromatic rings. The van der Waals surface area contributed by atoms with Crippen molar-refractivity contribution in [1.29, 1.82) is 0 Å². The molecular weight excluding hydrogens is 366 g/mol. The number of rotatable bonds is 6. The molecule has 2 fully saturated rings. The van der Waals surface area contributed by atoms with Crippen molar-refractivity contribution in [2.45, 2.75) is 50.0 Å². The van der Waals surface area contributed by atoms with Gasteiger partial charge in [0.25, 0.3) is 0 Å². The van der Waals surface area contributed by atoms with Crippen molar-refractivity contribution in [3.63, 3.8) is 0 Å². The molecular formula is C24H31NO4. The number of hydrogen-bond acceptors (Lipinski definition) is 5. The van der Waals surface area contributed by atoms with Crippen molar-refractivity contribution in [1.82, 2.24) is 4.90 Å². The summed E-state index contributed by atoms with van der Waals surface area (Å²) in [6.07, 6.45) is 2.90. The molecule has 2 atom stereocenters. The summed E-state index contributed by atoms with van der Waals surface area (Å²) in [5, 5.41) is 19.6. The Balaban J connectivity index is 1.39. The minimum Gasteiger partial charge on any atom is -0.491 e. The maximum absolute atomic E-state index is 10.5. The number of aliphatic hydroxyl groups is 2. The van der Waals surface area contributed by atoms with Crippen molar-refractivity contribution in [3.8, 4) is 5.75 Å². The van der Waals surface area contributed by atoms with E-state index in [1.54, 1.807) is 0 Å². The van der Waals surface area contributed by atoms with Crippen LogP contribution in [0, 0.1) is 0 Å². The first-order valence-electron chi connectivity index (χ1n) is 10.6. The van der Waals surface area contributed by atoms with Crippen LogP contribution in [0.25, 0.3) is 0 Å². The van der Waals surface area contributed by atoms with Crippen LogP contribution in [-0.2, 0) is 11.3 Å². The van der Waals surface area contributed by atoms with Gasteiger partial charge in [0, 0.05) is 38.0 Å². The monoisotopic (exact) mass is 397 g/mol. The van der Waals surface area contributed by atoms with E-state index in [4.69, 9.17) is 14.6 Å². The molecule has 0 saturated carbocycles. The number of nitrogens with zero attached hydrogens (tertiary/aromatic N) is 1. The van der Waals surface area contributed by atoms with Gasteiger partial charge < -0.3 is 19.7 Å². The summed E-state index contributed by atoms with van der Waals surface area (Å²) in [7, 11) is 0. The molecule has 2 saturated heterocycles. The maximum atomic E-state index is 10.5. The van der Waals surface area contributed by atoms with Gasteiger partial charge in [-0.2, -0.15) is 0 Å². The summed E-state index contributed by atoms with van der Waals surface area (Å²) in [6, 6.07) is 18.3. The Morgan fingerprint density at radius 2 is 1.76 bits per heavy atom. The van der Waals surface area contributed by atoms with E-state index in [1.807, 2.05) is 36.4 Å². The highest BCUT2D eigenvalue weighted by atomic mass is 16.5. The van der Waals surface area contributed by atoms with E-state index >= 15 is 0 Å². The van der Waals surface area contributed by atoms with E-state index in [1.165, 1.54) is 0 Å². The third kappa shape index (κ3) is 4.98. The molecule has 2 aliphatic rings. The number of aliphatic hydroxyl groups excluding tert-OH is 2. The second-order valence-corrected chi connectivity index (χ2v) is 8.25. The van der Waals surface area contributed by atoms with Gasteiger partial charge in [0.05, 0.1) is 24.4 Å². The van der Waals surface area contributed by atoms with Gasteiger partial charge in [0.15, 0.2) is 0 Å². The highest BCUT2D eigenvalue weighted by Crippen LogP contribution is 2.43. The molecule has 0 aliphatic carbocycles. The first kappa shape index (κ1) is 20.4. The fraction of sp³-hybridized carbons (Fsp3) is 0.500. The lowest BCUT2D eigenvalue weighted by Crippen LogP contribution is -2.50. The van der Waals surface area contributed by atoms with Crippen LogP contribution in [-0.4, -0.2) is 53.1 Å². The van der Waals surface area contributed by atoms with Crippen LogP contribution in [0.2, 0.25) is 0 Å². The largest absolute Gasteiger partial charge is 0.491 e. The molecule has 0 radical (unpaired) electrons. The molecule has 2 heterocycles. The van der Waals surface area contributed by atoms with Gasteiger partial charge in [-0.25, -0.2) is 0 Å². The smallest absolute Gasteiger partial charge is 0.123 e. The van der Waals surface area contributed by atoms with Gasteiger partial charge in [-0.15, -0.1) is 0 Å². The number of piperidine rings is 1. The molecule has 29 heavy (non-hydrogen) atoms. The Bertz CT molecular complexity index is 773. The van der Waals surface area contributed by atoms with Gasteiger partial charge in [0.1, 0.15) is 12.4 Å². The number of hydrogen-bond donors (Lipinski definition) is 2. The first-order chi connectivity index (χ1) is 14.2. The summed E-state index contributed by atoms with van der Waals surface area (Å²) in [5.41, 5.74) is 2.06. The molecule has 156 valence electrons. The maximum Gasteiger partial charge on any atom is 0.123 e. The van der Waals surface area contributed by atoms with Crippen LogP contribution in [0.15, 0.2) is 54.6 Å². The zero-order valence-electron chi connectivity index (χ0n) is 16.9. The minimum absolute atomic E-state index is 0.0167. The molecule has 2 aliphatic heterocycles. The summed E-state index contributed by atoms with van der Waals surface area (Å²) in [5.74, 6) is 0.843. The van der Waals surface area contributed by atoms with E-state index in [0.717, 1.165) is 55.8 Å². The number of para-hydroxylation sites is 1. The standard InChI is InChI=1S/C24H31NO4/c26-14-15-28-22-9-5-4-8-20(22)18-25-12-10-24(11-13-25)17-21(27)16-23(29-24)19-6-2-1-3-7-19/h1-9,21,23,26-27H,10-18H2/t21-,23-/m1/s1. The zero-order valence-corrected chi connectivity index (χ0v) is 16.9. The molecule has 0 bridgehead atoms. The highest BCUT2D eigenvalue weighted by Gasteiger charge is 2.43. The molecule has 5 heteroatoms. The quantitative estimate of drug-likeness (QED) is 0.783. The highest BCUT2D eigenvalue weighted by molar-refractivity contribution is 5.33. The SMILES string of the molecule is OCCOc1ccccc1CN1CCC2(CC1)C[C@H](O)C[C@H](c1ccccc1)O2. The number of benzene rings is 2. The third-order valence-corrected chi connectivity index (χ3v) is 6.14.